The van der Waals surface area contributed by atoms with Crippen molar-refractivity contribution < 1.29 is 13.2 Å². The molecule has 7 heteroatoms. The Morgan fingerprint density at radius 1 is 1.23 bits per heavy atom. The molecule has 2 aromatic rings. The van der Waals surface area contributed by atoms with Crippen molar-refractivity contribution in [1.29, 1.82) is 0 Å². The first kappa shape index (κ1) is 19.3. The van der Waals surface area contributed by atoms with Crippen molar-refractivity contribution in [3.8, 4) is 0 Å². The minimum Gasteiger partial charge on any atom is -0.371 e. The number of morpholine rings is 1. The van der Waals surface area contributed by atoms with Crippen LogP contribution in [0.5, 0.6) is 0 Å². The van der Waals surface area contributed by atoms with E-state index >= 15 is 0 Å². The van der Waals surface area contributed by atoms with E-state index in [0.29, 0.717) is 30.3 Å². The summed E-state index contributed by atoms with van der Waals surface area (Å²) in [5.41, 5.74) is 1.82. The van der Waals surface area contributed by atoms with Crippen molar-refractivity contribution in [2.45, 2.75) is 17.9 Å². The first-order valence-electron chi connectivity index (χ1n) is 8.60. The quantitative estimate of drug-likeness (QED) is 0.818. The van der Waals surface area contributed by atoms with Crippen LogP contribution < -0.4 is 4.72 Å². The lowest BCUT2D eigenvalue weighted by atomic mass is 10.1. The van der Waals surface area contributed by atoms with E-state index in [1.807, 2.05) is 18.2 Å². The molecule has 1 fully saturated rings. The van der Waals surface area contributed by atoms with Crippen LogP contribution in [-0.2, 0) is 14.8 Å². The maximum absolute atomic E-state index is 12.5. The van der Waals surface area contributed by atoms with Crippen LogP contribution in [0.2, 0.25) is 5.02 Å². The molecule has 0 spiro atoms. The van der Waals surface area contributed by atoms with Crippen LogP contribution >= 0.6 is 11.6 Å². The normalized spacial score (nSPS) is 18.8. The van der Waals surface area contributed by atoms with E-state index in [2.05, 4.69) is 21.8 Å². The van der Waals surface area contributed by atoms with Crippen molar-refractivity contribution >= 4 is 21.6 Å². The Hall–Kier alpha value is -1.44. The van der Waals surface area contributed by atoms with E-state index < -0.39 is 10.0 Å². The first-order valence-corrected chi connectivity index (χ1v) is 10.5. The fourth-order valence-electron chi connectivity index (χ4n) is 3.05. The van der Waals surface area contributed by atoms with Gasteiger partial charge in [-0.25, -0.2) is 13.1 Å². The highest BCUT2D eigenvalue weighted by Crippen LogP contribution is 2.22. The van der Waals surface area contributed by atoms with E-state index in [1.165, 1.54) is 6.07 Å². The molecule has 1 unspecified atom stereocenters. The fraction of sp³-hybridized carbons (Fsp3) is 0.368. The minimum absolute atomic E-state index is 0.0248. The zero-order chi connectivity index (χ0) is 18.6. The first-order chi connectivity index (χ1) is 12.5. The molecule has 2 aromatic carbocycles. The number of nitrogens with zero attached hydrogens (tertiary/aromatic N) is 1. The molecular weight excluding hydrogens is 372 g/mol. The van der Waals surface area contributed by atoms with E-state index in [4.69, 9.17) is 16.3 Å². The van der Waals surface area contributed by atoms with Gasteiger partial charge in [0.15, 0.2) is 0 Å². The van der Waals surface area contributed by atoms with Crippen LogP contribution in [0.1, 0.15) is 17.2 Å². The van der Waals surface area contributed by atoms with Crippen molar-refractivity contribution in [3.05, 3.63) is 64.7 Å². The van der Waals surface area contributed by atoms with Gasteiger partial charge in [-0.2, -0.15) is 0 Å². The molecular formula is C19H23ClN2O3S. The van der Waals surface area contributed by atoms with Gasteiger partial charge in [-0.1, -0.05) is 48.0 Å². The molecule has 0 saturated carbocycles. The van der Waals surface area contributed by atoms with Crippen LogP contribution in [0.3, 0.4) is 0 Å². The second kappa shape index (κ2) is 8.50. The topological polar surface area (TPSA) is 58.6 Å². The molecule has 1 atom stereocenters. The predicted molar refractivity (Wildman–Crippen MR) is 103 cm³/mol. The lowest BCUT2D eigenvalue weighted by Gasteiger charge is -2.33. The van der Waals surface area contributed by atoms with Gasteiger partial charge >= 0.3 is 0 Å². The lowest BCUT2D eigenvalue weighted by molar-refractivity contribution is -0.0291. The fourth-order valence-corrected chi connectivity index (χ4v) is 4.58. The van der Waals surface area contributed by atoms with Crippen LogP contribution in [0.4, 0.5) is 0 Å². The molecule has 1 saturated heterocycles. The van der Waals surface area contributed by atoms with Crippen molar-refractivity contribution in [3.63, 3.8) is 0 Å². The number of sulfonamides is 1. The van der Waals surface area contributed by atoms with Gasteiger partial charge in [0, 0.05) is 31.2 Å². The Bertz CT molecular complexity index is 843. The second-order valence-electron chi connectivity index (χ2n) is 6.38. The minimum atomic E-state index is -3.57. The third-order valence-corrected chi connectivity index (χ3v) is 6.32. The summed E-state index contributed by atoms with van der Waals surface area (Å²) >= 11 is 5.94. The van der Waals surface area contributed by atoms with Crippen molar-refractivity contribution in [2.75, 3.05) is 32.8 Å². The number of hydrogen-bond donors (Lipinski definition) is 1. The molecule has 5 nitrogen and oxygen atoms in total. The number of aryl methyl sites for hydroxylation is 1. The summed E-state index contributed by atoms with van der Waals surface area (Å²) in [5, 5.41) is 0.412. The zero-order valence-electron chi connectivity index (χ0n) is 14.7. The molecule has 3 rings (SSSR count). The molecule has 26 heavy (non-hydrogen) atoms. The highest BCUT2D eigenvalue weighted by Gasteiger charge is 2.22. The predicted octanol–water partition coefficient (Wildman–Crippen LogP) is 3.00. The van der Waals surface area contributed by atoms with E-state index in [9.17, 15) is 8.42 Å². The number of nitrogens with one attached hydrogen (secondary N) is 1. The van der Waals surface area contributed by atoms with Gasteiger partial charge in [-0.05, 0) is 30.2 Å². The van der Waals surface area contributed by atoms with Gasteiger partial charge in [0.2, 0.25) is 10.0 Å². The average molecular weight is 395 g/mol. The van der Waals surface area contributed by atoms with E-state index in [1.54, 1.807) is 19.1 Å². The van der Waals surface area contributed by atoms with Crippen LogP contribution in [0, 0.1) is 6.92 Å². The summed E-state index contributed by atoms with van der Waals surface area (Å²) in [6, 6.07) is 15.0. The molecule has 0 amide bonds. The number of hydrogen-bond acceptors (Lipinski definition) is 4. The summed E-state index contributed by atoms with van der Waals surface area (Å²) in [4.78, 5) is 2.45. The Morgan fingerprint density at radius 3 is 2.77 bits per heavy atom. The summed E-state index contributed by atoms with van der Waals surface area (Å²) < 4.78 is 33.6. The van der Waals surface area contributed by atoms with Gasteiger partial charge in [0.05, 0.1) is 17.6 Å². The van der Waals surface area contributed by atoms with Crippen LogP contribution in [0.25, 0.3) is 0 Å². The number of rotatable bonds is 6. The molecule has 1 heterocycles. The largest absolute Gasteiger partial charge is 0.371 e. The molecule has 0 aliphatic carbocycles. The Labute approximate surface area is 160 Å². The smallest absolute Gasteiger partial charge is 0.240 e. The molecule has 1 aliphatic rings. The molecule has 0 aromatic heterocycles. The van der Waals surface area contributed by atoms with Gasteiger partial charge in [0.1, 0.15) is 0 Å². The van der Waals surface area contributed by atoms with Gasteiger partial charge < -0.3 is 4.74 Å². The summed E-state index contributed by atoms with van der Waals surface area (Å²) in [5.74, 6) is 0. The van der Waals surface area contributed by atoms with Gasteiger partial charge in [-0.3, -0.25) is 4.90 Å². The van der Waals surface area contributed by atoms with E-state index in [-0.39, 0.29) is 11.0 Å². The third-order valence-electron chi connectivity index (χ3n) is 4.48. The maximum Gasteiger partial charge on any atom is 0.240 e. The molecule has 1 N–H and O–H groups in total. The zero-order valence-corrected chi connectivity index (χ0v) is 16.3. The van der Waals surface area contributed by atoms with Crippen LogP contribution in [0.15, 0.2) is 53.4 Å². The Morgan fingerprint density at radius 2 is 2.00 bits per heavy atom. The lowest BCUT2D eigenvalue weighted by Crippen LogP contribution is -2.42. The van der Waals surface area contributed by atoms with Gasteiger partial charge in [0.25, 0.3) is 0 Å². The molecule has 140 valence electrons. The summed E-state index contributed by atoms with van der Waals surface area (Å²) in [6.07, 6.45) is 0.0248. The second-order valence-corrected chi connectivity index (χ2v) is 8.55. The molecule has 0 bridgehead atoms. The third kappa shape index (κ3) is 4.84. The number of benzene rings is 2. The molecule has 0 radical (unpaired) electrons. The highest BCUT2D eigenvalue weighted by atomic mass is 35.5. The Kier molecular flexibility index (Phi) is 6.32. The van der Waals surface area contributed by atoms with Crippen molar-refractivity contribution in [2.24, 2.45) is 0 Å². The number of ether oxygens (including phenoxy) is 1. The van der Waals surface area contributed by atoms with Crippen molar-refractivity contribution in [1.82, 2.24) is 9.62 Å². The molecule has 1 aliphatic heterocycles. The number of halogens is 1. The van der Waals surface area contributed by atoms with Gasteiger partial charge in [-0.15, -0.1) is 0 Å². The standard InChI is InChI=1S/C19H23ClN2O3S/c1-15-7-8-17(20)13-19(15)26(23,24)21-9-10-22-11-12-25-18(14-22)16-5-3-2-4-6-16/h2-8,13,18,21H,9-12,14H2,1H3. The van der Waals surface area contributed by atoms with Crippen LogP contribution in [-0.4, -0.2) is 46.1 Å². The summed E-state index contributed by atoms with van der Waals surface area (Å²) in [6.45, 7) is 4.92. The van der Waals surface area contributed by atoms with E-state index in [0.717, 1.165) is 18.7 Å². The maximum atomic E-state index is 12.5. The Balaban J connectivity index is 1.56. The monoisotopic (exact) mass is 394 g/mol. The summed E-state index contributed by atoms with van der Waals surface area (Å²) in [7, 11) is -3.57. The highest BCUT2D eigenvalue weighted by molar-refractivity contribution is 7.89. The average Bonchev–Trinajstić information content (AvgIpc) is 2.64. The SMILES string of the molecule is Cc1ccc(Cl)cc1S(=O)(=O)NCCN1CCOC(c2ccccc2)C1.